The van der Waals surface area contributed by atoms with E-state index >= 15 is 0 Å². The summed E-state index contributed by atoms with van der Waals surface area (Å²) in [7, 11) is 0. The van der Waals surface area contributed by atoms with E-state index in [4.69, 9.17) is 11.6 Å². The molecule has 7 heteroatoms. The fraction of sp³-hybridized carbons (Fsp3) is 0.0909. The van der Waals surface area contributed by atoms with Crippen molar-refractivity contribution in [2.45, 2.75) is 6.92 Å². The zero-order chi connectivity index (χ0) is 12.5. The second-order valence-electron chi connectivity index (χ2n) is 3.61. The van der Waals surface area contributed by atoms with Crippen molar-refractivity contribution in [1.82, 2.24) is 24.5 Å². The van der Waals surface area contributed by atoms with Crippen LogP contribution in [0.1, 0.15) is 4.88 Å². The maximum atomic E-state index is 5.93. The van der Waals surface area contributed by atoms with Crippen LogP contribution in [0.3, 0.4) is 0 Å². The lowest BCUT2D eigenvalue weighted by Crippen LogP contribution is -2.02. The molecule has 18 heavy (non-hydrogen) atoms. The zero-order valence-corrected chi connectivity index (χ0v) is 11.0. The predicted octanol–water partition coefficient (Wildman–Crippen LogP) is 2.75. The summed E-state index contributed by atoms with van der Waals surface area (Å²) >= 11 is 7.55. The molecule has 3 aromatic heterocycles. The third-order valence-corrected chi connectivity index (χ3v) is 3.46. The van der Waals surface area contributed by atoms with Crippen molar-refractivity contribution in [3.8, 4) is 16.6 Å². The van der Waals surface area contributed by atoms with Crippen molar-refractivity contribution >= 4 is 22.9 Å². The first-order valence-electron chi connectivity index (χ1n) is 5.19. The first kappa shape index (κ1) is 11.3. The molecule has 0 atom stereocenters. The monoisotopic (exact) mass is 277 g/mol. The highest BCUT2D eigenvalue weighted by molar-refractivity contribution is 7.15. The molecule has 0 N–H and O–H groups in total. The van der Waals surface area contributed by atoms with Crippen molar-refractivity contribution in [1.29, 1.82) is 0 Å². The number of imidazole rings is 1. The Morgan fingerprint density at radius 1 is 1.22 bits per heavy atom. The number of aryl methyl sites for hydroxylation is 1. The summed E-state index contributed by atoms with van der Waals surface area (Å²) in [4.78, 5) is 18.7. The molecule has 0 unspecified atom stereocenters. The first-order valence-corrected chi connectivity index (χ1v) is 6.38. The Labute approximate surface area is 112 Å². The van der Waals surface area contributed by atoms with E-state index in [1.807, 2.05) is 19.1 Å². The van der Waals surface area contributed by atoms with Crippen LogP contribution in [0.15, 0.2) is 30.9 Å². The van der Waals surface area contributed by atoms with Gasteiger partial charge >= 0.3 is 0 Å². The van der Waals surface area contributed by atoms with E-state index in [0.717, 1.165) is 4.88 Å². The van der Waals surface area contributed by atoms with Crippen LogP contribution in [-0.4, -0.2) is 24.5 Å². The Kier molecular flexibility index (Phi) is 2.81. The summed E-state index contributed by atoms with van der Waals surface area (Å²) in [5.41, 5.74) is 0. The molecule has 0 aromatic carbocycles. The SMILES string of the molecule is Cc1ccc(-c2nc(Cl)nc(-n3ccnc3)n2)s1. The van der Waals surface area contributed by atoms with E-state index in [1.165, 1.54) is 4.88 Å². The molecule has 0 aliphatic rings. The van der Waals surface area contributed by atoms with Gasteiger partial charge in [0.15, 0.2) is 5.82 Å². The molecule has 3 aromatic rings. The lowest BCUT2D eigenvalue weighted by atomic mass is 10.4. The molecule has 0 aliphatic heterocycles. The molecule has 5 nitrogen and oxygen atoms in total. The minimum atomic E-state index is 0.176. The highest BCUT2D eigenvalue weighted by Gasteiger charge is 2.10. The van der Waals surface area contributed by atoms with Gasteiger partial charge in [-0.3, -0.25) is 4.57 Å². The Hall–Kier alpha value is -1.79. The number of halogens is 1. The van der Waals surface area contributed by atoms with Crippen molar-refractivity contribution in [2.75, 3.05) is 0 Å². The fourth-order valence-corrected chi connectivity index (χ4v) is 2.45. The number of hydrogen-bond acceptors (Lipinski definition) is 5. The third kappa shape index (κ3) is 2.12. The van der Waals surface area contributed by atoms with E-state index in [0.29, 0.717) is 11.8 Å². The minimum absolute atomic E-state index is 0.176. The van der Waals surface area contributed by atoms with Gasteiger partial charge in [-0.05, 0) is 30.7 Å². The van der Waals surface area contributed by atoms with Crippen LogP contribution < -0.4 is 0 Å². The van der Waals surface area contributed by atoms with Crippen LogP contribution in [0.5, 0.6) is 0 Å². The highest BCUT2D eigenvalue weighted by Crippen LogP contribution is 2.25. The topological polar surface area (TPSA) is 56.5 Å². The van der Waals surface area contributed by atoms with Gasteiger partial charge in [-0.25, -0.2) is 4.98 Å². The Morgan fingerprint density at radius 2 is 2.11 bits per heavy atom. The standard InChI is InChI=1S/C11H8ClN5S/c1-7-2-3-8(18-7)9-14-10(12)16-11(15-9)17-5-4-13-6-17/h2-6H,1H3. The van der Waals surface area contributed by atoms with Gasteiger partial charge in [0.05, 0.1) is 4.88 Å². The lowest BCUT2D eigenvalue weighted by molar-refractivity contribution is 0.900. The first-order chi connectivity index (χ1) is 8.72. The smallest absolute Gasteiger partial charge is 0.239 e. The minimum Gasteiger partial charge on any atom is -0.274 e. The quantitative estimate of drug-likeness (QED) is 0.723. The van der Waals surface area contributed by atoms with E-state index < -0.39 is 0 Å². The van der Waals surface area contributed by atoms with E-state index in [9.17, 15) is 0 Å². The van der Waals surface area contributed by atoms with Crippen LogP contribution in [0, 0.1) is 6.92 Å². The summed E-state index contributed by atoms with van der Waals surface area (Å²) in [5.74, 6) is 1.05. The maximum Gasteiger partial charge on any atom is 0.239 e. The summed E-state index contributed by atoms with van der Waals surface area (Å²) in [6.07, 6.45) is 5.04. The summed E-state index contributed by atoms with van der Waals surface area (Å²) in [5, 5.41) is 0.176. The van der Waals surface area contributed by atoms with Crippen LogP contribution in [0.2, 0.25) is 5.28 Å². The van der Waals surface area contributed by atoms with E-state index in [2.05, 4.69) is 19.9 Å². The lowest BCUT2D eigenvalue weighted by Gasteiger charge is -2.02. The van der Waals surface area contributed by atoms with Gasteiger partial charge in [-0.2, -0.15) is 15.0 Å². The Balaban J connectivity index is 2.11. The molecule has 0 saturated heterocycles. The Bertz CT molecular complexity index is 677. The normalized spacial score (nSPS) is 10.8. The van der Waals surface area contributed by atoms with Gasteiger partial charge in [0.1, 0.15) is 6.33 Å². The van der Waals surface area contributed by atoms with Gasteiger partial charge in [0.25, 0.3) is 0 Å². The number of nitrogens with zero attached hydrogens (tertiary/aromatic N) is 5. The number of hydrogen-bond donors (Lipinski definition) is 0. The molecule has 0 fully saturated rings. The third-order valence-electron chi connectivity index (χ3n) is 2.29. The molecular formula is C11H8ClN5S. The second kappa shape index (κ2) is 4.47. The van der Waals surface area contributed by atoms with E-state index in [1.54, 1.807) is 34.6 Å². The molecular weight excluding hydrogens is 270 g/mol. The number of rotatable bonds is 2. The number of aromatic nitrogens is 5. The van der Waals surface area contributed by atoms with Gasteiger partial charge in [-0.1, -0.05) is 0 Å². The summed E-state index contributed by atoms with van der Waals surface area (Å²) in [6.45, 7) is 2.04. The maximum absolute atomic E-state index is 5.93. The van der Waals surface area contributed by atoms with Crippen molar-refractivity contribution in [3.63, 3.8) is 0 Å². The summed E-state index contributed by atoms with van der Waals surface area (Å²) < 4.78 is 1.69. The predicted molar refractivity (Wildman–Crippen MR) is 70.0 cm³/mol. The second-order valence-corrected chi connectivity index (χ2v) is 5.23. The molecule has 0 bridgehead atoms. The Morgan fingerprint density at radius 3 is 2.78 bits per heavy atom. The molecule has 0 radical (unpaired) electrons. The van der Waals surface area contributed by atoms with Gasteiger partial charge in [0.2, 0.25) is 11.2 Å². The molecule has 0 amide bonds. The van der Waals surface area contributed by atoms with Crippen molar-refractivity contribution in [3.05, 3.63) is 41.0 Å². The average Bonchev–Trinajstić information content (AvgIpc) is 2.98. The molecule has 0 aliphatic carbocycles. The summed E-state index contributed by atoms with van der Waals surface area (Å²) in [6, 6.07) is 4.00. The van der Waals surface area contributed by atoms with Crippen LogP contribution >= 0.6 is 22.9 Å². The van der Waals surface area contributed by atoms with Crippen LogP contribution in [0.25, 0.3) is 16.6 Å². The van der Waals surface area contributed by atoms with Gasteiger partial charge in [0, 0.05) is 17.3 Å². The molecule has 3 heterocycles. The van der Waals surface area contributed by atoms with Gasteiger partial charge < -0.3 is 0 Å². The zero-order valence-electron chi connectivity index (χ0n) is 9.41. The van der Waals surface area contributed by atoms with E-state index in [-0.39, 0.29) is 5.28 Å². The molecule has 90 valence electrons. The van der Waals surface area contributed by atoms with Crippen molar-refractivity contribution in [2.24, 2.45) is 0 Å². The van der Waals surface area contributed by atoms with Gasteiger partial charge in [-0.15, -0.1) is 11.3 Å². The van der Waals surface area contributed by atoms with Crippen LogP contribution in [-0.2, 0) is 0 Å². The van der Waals surface area contributed by atoms with Crippen molar-refractivity contribution < 1.29 is 0 Å². The fourth-order valence-electron chi connectivity index (χ4n) is 1.50. The number of thiophene rings is 1. The molecule has 0 saturated carbocycles. The average molecular weight is 278 g/mol. The highest BCUT2D eigenvalue weighted by atomic mass is 35.5. The molecule has 0 spiro atoms. The largest absolute Gasteiger partial charge is 0.274 e. The van der Waals surface area contributed by atoms with Crippen LogP contribution in [0.4, 0.5) is 0 Å². The molecule has 3 rings (SSSR count).